The number of carbonyl (C=O) groups excluding carboxylic acids is 2. The number of hydrogen-bond donors (Lipinski definition) is 0. The maximum atomic E-state index is 13.4. The van der Waals surface area contributed by atoms with E-state index >= 15 is 0 Å². The van der Waals surface area contributed by atoms with E-state index in [1.54, 1.807) is 0 Å². The zero-order valence-electron chi connectivity index (χ0n) is 12.7. The molecule has 24 heavy (non-hydrogen) atoms. The minimum Gasteiger partial charge on any atom is -0.805 e. The van der Waals surface area contributed by atoms with Gasteiger partial charge in [-0.25, -0.2) is 13.6 Å². The molecule has 0 spiro atoms. The third kappa shape index (κ3) is 3.03. The van der Waals surface area contributed by atoms with Crippen molar-refractivity contribution in [2.75, 3.05) is 6.61 Å². The van der Waals surface area contributed by atoms with Crippen LogP contribution >= 0.6 is 0 Å². The fourth-order valence-electron chi connectivity index (χ4n) is 2.03. The Morgan fingerprint density at radius 3 is 2.46 bits per heavy atom. The van der Waals surface area contributed by atoms with Crippen molar-refractivity contribution < 1.29 is 32.3 Å². The van der Waals surface area contributed by atoms with Gasteiger partial charge in [0.1, 0.15) is 17.8 Å². The Bertz CT molecular complexity index is 893. The van der Waals surface area contributed by atoms with Crippen molar-refractivity contribution in [1.29, 1.82) is 0 Å². The van der Waals surface area contributed by atoms with Crippen LogP contribution in [-0.2, 0) is 20.9 Å². The molecule has 0 atom stereocenters. The molecule has 0 unspecified atom stereocenters. The van der Waals surface area contributed by atoms with Crippen molar-refractivity contribution in [3.63, 3.8) is 0 Å². The van der Waals surface area contributed by atoms with Gasteiger partial charge in [-0.3, -0.25) is 4.79 Å². The first kappa shape index (κ1) is 17.3. The molecular formula is C14H12F2N2O6. The number of aromatic nitrogens is 2. The second-order valence-electron chi connectivity index (χ2n) is 4.64. The highest BCUT2D eigenvalue weighted by Gasteiger charge is 2.31. The summed E-state index contributed by atoms with van der Waals surface area (Å²) in [6.45, 7) is 1.71. The first-order chi connectivity index (χ1) is 11.3. The van der Waals surface area contributed by atoms with Gasteiger partial charge in [0.15, 0.2) is 11.6 Å². The summed E-state index contributed by atoms with van der Waals surface area (Å²) in [7, 11) is 0. The summed E-state index contributed by atoms with van der Waals surface area (Å²) in [5.74, 6) is -4.65. The number of fused-ring (bicyclic) bond motifs is 1. The van der Waals surface area contributed by atoms with Gasteiger partial charge in [0.2, 0.25) is 0 Å². The lowest BCUT2D eigenvalue weighted by atomic mass is 10.2. The largest absolute Gasteiger partial charge is 0.805 e. The first-order valence-corrected chi connectivity index (χ1v) is 6.75. The standard InChI is InChI=1S/C14H12F2N2O6/c1-3-23-14(20)13-12(6-24-7(2)19)17(21)10-4-8(15)9(16)5-11(10)18(13)22/h4-5H,3,6H2,1-2H3. The van der Waals surface area contributed by atoms with Gasteiger partial charge < -0.3 is 19.4 Å². The van der Waals surface area contributed by atoms with Crippen LogP contribution in [0.5, 0.6) is 0 Å². The Balaban J connectivity index is 2.83. The number of rotatable bonds is 4. The quantitative estimate of drug-likeness (QED) is 0.615. The summed E-state index contributed by atoms with van der Waals surface area (Å²) in [6.07, 6.45) is 0. The molecule has 0 bridgehead atoms. The summed E-state index contributed by atoms with van der Waals surface area (Å²) in [5, 5.41) is 12.4. The third-order valence-corrected chi connectivity index (χ3v) is 3.06. The summed E-state index contributed by atoms with van der Waals surface area (Å²) in [6, 6.07) is 1.00. The van der Waals surface area contributed by atoms with Crippen LogP contribution in [0.15, 0.2) is 12.1 Å². The SMILES string of the molecule is CCOC(=O)c1c(COC(C)=O)n([O-])c2cc(F)c(F)cc2[n+]1=O. The van der Waals surface area contributed by atoms with E-state index in [0.29, 0.717) is 12.1 Å². The average Bonchev–Trinajstić information content (AvgIpc) is 2.51. The Morgan fingerprint density at radius 1 is 1.25 bits per heavy atom. The lowest BCUT2D eigenvalue weighted by Gasteiger charge is -2.18. The second kappa shape index (κ2) is 6.60. The molecule has 1 aromatic heterocycles. The predicted molar refractivity (Wildman–Crippen MR) is 75.4 cm³/mol. The maximum absolute atomic E-state index is 13.4. The van der Waals surface area contributed by atoms with Crippen LogP contribution in [0, 0.1) is 21.7 Å². The number of halogens is 2. The van der Waals surface area contributed by atoms with Gasteiger partial charge in [0.05, 0.1) is 17.1 Å². The first-order valence-electron chi connectivity index (χ1n) is 6.75. The number of carbonyl (C=O) groups is 2. The molecule has 1 aromatic carbocycles. The lowest BCUT2D eigenvalue weighted by molar-refractivity contribution is -0.470. The van der Waals surface area contributed by atoms with Crippen LogP contribution < -0.4 is 4.43 Å². The minimum absolute atomic E-state index is 0.0292. The molecule has 2 rings (SSSR count). The van der Waals surface area contributed by atoms with Gasteiger partial charge in [-0.1, -0.05) is 0 Å². The highest BCUT2D eigenvalue weighted by atomic mass is 19.2. The molecule has 0 amide bonds. The van der Waals surface area contributed by atoms with Crippen molar-refractivity contribution in [3.05, 3.63) is 45.3 Å². The number of hydrogen-bond acceptors (Lipinski definition) is 6. The Morgan fingerprint density at radius 2 is 1.88 bits per heavy atom. The predicted octanol–water partition coefficient (Wildman–Crippen LogP) is 1.42. The van der Waals surface area contributed by atoms with Crippen molar-refractivity contribution in [1.82, 2.24) is 4.73 Å². The van der Waals surface area contributed by atoms with Gasteiger partial charge in [0, 0.05) is 17.9 Å². The molecule has 0 saturated heterocycles. The smallest absolute Gasteiger partial charge is 0.410 e. The molecule has 8 nitrogen and oxygen atoms in total. The Labute approximate surface area is 133 Å². The number of nitrogens with zero attached hydrogens (tertiary/aromatic N) is 2. The zero-order valence-corrected chi connectivity index (χ0v) is 12.7. The number of esters is 2. The second-order valence-corrected chi connectivity index (χ2v) is 4.64. The van der Waals surface area contributed by atoms with E-state index in [2.05, 4.69) is 4.74 Å². The third-order valence-electron chi connectivity index (χ3n) is 3.06. The van der Waals surface area contributed by atoms with Crippen LogP contribution in [0.1, 0.15) is 30.0 Å². The molecule has 0 aliphatic heterocycles. The van der Waals surface area contributed by atoms with E-state index in [0.717, 1.165) is 6.92 Å². The van der Waals surface area contributed by atoms with Gasteiger partial charge >= 0.3 is 17.6 Å². The average molecular weight is 342 g/mol. The molecule has 0 saturated carbocycles. The molecule has 0 N–H and O–H groups in total. The van der Waals surface area contributed by atoms with Crippen LogP contribution in [-0.4, -0.2) is 23.3 Å². The van der Waals surface area contributed by atoms with Crippen LogP contribution in [0.3, 0.4) is 0 Å². The van der Waals surface area contributed by atoms with Gasteiger partial charge in [-0.2, -0.15) is 0 Å². The van der Waals surface area contributed by atoms with Gasteiger partial charge in [-0.15, -0.1) is 0 Å². The van der Waals surface area contributed by atoms with E-state index in [4.69, 9.17) is 4.74 Å². The normalized spacial score (nSPS) is 10.7. The molecule has 0 aliphatic carbocycles. The van der Waals surface area contributed by atoms with E-state index in [9.17, 15) is 28.5 Å². The molecule has 2 aromatic rings. The van der Waals surface area contributed by atoms with Crippen LogP contribution in [0.25, 0.3) is 11.0 Å². The molecule has 1 heterocycles. The number of ether oxygens (including phenoxy) is 2. The minimum atomic E-state index is -1.37. The number of benzene rings is 1. The monoisotopic (exact) mass is 342 g/mol. The molecule has 128 valence electrons. The fraction of sp³-hybridized carbons (Fsp3) is 0.286. The van der Waals surface area contributed by atoms with E-state index in [1.807, 2.05) is 0 Å². The molecular weight excluding hydrogens is 330 g/mol. The van der Waals surface area contributed by atoms with Crippen molar-refractivity contribution in [2.24, 2.45) is 0 Å². The van der Waals surface area contributed by atoms with E-state index in [-0.39, 0.29) is 15.8 Å². The Kier molecular flexibility index (Phi) is 4.77. The fourth-order valence-corrected chi connectivity index (χ4v) is 2.03. The molecule has 0 aliphatic rings. The van der Waals surface area contributed by atoms with Gasteiger partial charge in [0.25, 0.3) is 5.52 Å². The highest BCUT2D eigenvalue weighted by Crippen LogP contribution is 2.19. The highest BCUT2D eigenvalue weighted by molar-refractivity contribution is 5.88. The molecule has 0 radical (unpaired) electrons. The van der Waals surface area contributed by atoms with Crippen molar-refractivity contribution >= 4 is 23.0 Å². The Hall–Kier alpha value is -3.04. The van der Waals surface area contributed by atoms with Gasteiger partial charge in [-0.05, 0) is 6.92 Å². The van der Waals surface area contributed by atoms with Crippen molar-refractivity contribution in [2.45, 2.75) is 20.5 Å². The molecule has 10 heteroatoms. The van der Waals surface area contributed by atoms with E-state index < -0.39 is 52.6 Å². The summed E-state index contributed by atoms with van der Waals surface area (Å²) in [5.41, 5.74) is -2.43. The maximum Gasteiger partial charge on any atom is 0.410 e. The zero-order chi connectivity index (χ0) is 18.0. The van der Waals surface area contributed by atoms with Crippen LogP contribution in [0.4, 0.5) is 8.78 Å². The van der Waals surface area contributed by atoms with Crippen molar-refractivity contribution in [3.8, 4) is 0 Å². The summed E-state index contributed by atoms with van der Waals surface area (Å²) < 4.78 is 36.1. The summed E-state index contributed by atoms with van der Waals surface area (Å²) >= 11 is 0. The van der Waals surface area contributed by atoms with E-state index in [1.165, 1.54) is 6.92 Å². The summed E-state index contributed by atoms with van der Waals surface area (Å²) in [4.78, 5) is 35.3. The topological polar surface area (TPSA) is 104 Å². The molecule has 0 fully saturated rings. The van der Waals surface area contributed by atoms with Crippen LogP contribution in [0.2, 0.25) is 0 Å². The lowest BCUT2D eigenvalue weighted by Crippen LogP contribution is -2.33.